The van der Waals surface area contributed by atoms with Gasteiger partial charge in [0.15, 0.2) is 11.6 Å². The number of rotatable bonds is 10. The quantitative estimate of drug-likeness (QED) is 0.255. The van der Waals surface area contributed by atoms with Gasteiger partial charge in [-0.05, 0) is 65.8 Å². The van der Waals surface area contributed by atoms with Gasteiger partial charge in [-0.15, -0.1) is 0 Å². The first-order valence-electron chi connectivity index (χ1n) is 18.7. The second-order valence-corrected chi connectivity index (χ2v) is 15.1. The van der Waals surface area contributed by atoms with E-state index in [9.17, 15) is 14.0 Å². The third-order valence-electron chi connectivity index (χ3n) is 9.71. The number of amides is 2. The summed E-state index contributed by atoms with van der Waals surface area (Å²) in [6.07, 6.45) is 6.75. The fourth-order valence-electron chi connectivity index (χ4n) is 7.10. The van der Waals surface area contributed by atoms with Gasteiger partial charge in [-0.1, -0.05) is 0 Å². The number of nitrogens with zero attached hydrogens (tertiary/aromatic N) is 7. The van der Waals surface area contributed by atoms with Crippen molar-refractivity contribution in [3.63, 3.8) is 0 Å². The topological polar surface area (TPSA) is 123 Å². The summed E-state index contributed by atoms with van der Waals surface area (Å²) in [7, 11) is 0. The second-order valence-electron chi connectivity index (χ2n) is 15.1. The molecule has 286 valence electrons. The van der Waals surface area contributed by atoms with E-state index in [-0.39, 0.29) is 41.6 Å². The Morgan fingerprint density at radius 2 is 1.85 bits per heavy atom. The highest BCUT2D eigenvalue weighted by Gasteiger charge is 2.32. The largest absolute Gasteiger partial charge is 0.490 e. The predicted octanol–water partition coefficient (Wildman–Crippen LogP) is 5.72. The van der Waals surface area contributed by atoms with E-state index < -0.39 is 11.4 Å². The molecule has 2 fully saturated rings. The number of carbonyl (C=O) groups is 2. The van der Waals surface area contributed by atoms with Gasteiger partial charge in [0, 0.05) is 88.6 Å². The molecule has 3 aromatic rings. The number of pyridine rings is 1. The van der Waals surface area contributed by atoms with Gasteiger partial charge in [-0.3, -0.25) is 14.7 Å². The highest BCUT2D eigenvalue weighted by atomic mass is 19.1. The Hall–Kier alpha value is -4.56. The molecule has 2 aromatic heterocycles. The van der Waals surface area contributed by atoms with Crippen LogP contribution in [0.4, 0.5) is 15.0 Å². The average Bonchev–Trinajstić information content (AvgIpc) is 3.13. The normalized spacial score (nSPS) is 18.5. The number of piperidine rings is 1. The Morgan fingerprint density at radius 1 is 1.06 bits per heavy atom. The molecular weight excluding hydrogens is 681 g/mol. The fourth-order valence-corrected chi connectivity index (χ4v) is 7.10. The first kappa shape index (κ1) is 38.2. The summed E-state index contributed by atoms with van der Waals surface area (Å²) in [5, 5.41) is 0. The summed E-state index contributed by atoms with van der Waals surface area (Å²) in [4.78, 5) is 47.4. The molecule has 0 spiro atoms. The Labute approximate surface area is 311 Å². The number of carbonyl (C=O) groups excluding carboxylic acids is 2. The van der Waals surface area contributed by atoms with Crippen LogP contribution < -0.4 is 14.4 Å². The van der Waals surface area contributed by atoms with Gasteiger partial charge < -0.3 is 33.6 Å². The Kier molecular flexibility index (Phi) is 12.0. The standard InChI is InChI=1S/C39H52FN7O6/c1-7-47(26(2)3)37(48)30-20-27(40)8-9-33(30)52-35-21-41-25-43-36(35)45-16-11-28(12-17-45)51-34-10-14-42-32-13-15-44(24-31(32)34)22-29-23-46(18-19-50-29)38(49)53-39(4,5)6/h8-10,14,20-21,25-26,28-29H,7,11-13,15-19,22-24H2,1-6H3/t29-/m1/s1. The van der Waals surface area contributed by atoms with Crippen LogP contribution in [0.25, 0.3) is 0 Å². The predicted molar refractivity (Wildman–Crippen MR) is 197 cm³/mol. The lowest BCUT2D eigenvalue weighted by Crippen LogP contribution is -2.51. The summed E-state index contributed by atoms with van der Waals surface area (Å²) in [6.45, 7) is 16.9. The second kappa shape index (κ2) is 16.6. The zero-order chi connectivity index (χ0) is 37.7. The molecule has 13 nitrogen and oxygen atoms in total. The van der Waals surface area contributed by atoms with Crippen LogP contribution in [-0.2, 0) is 22.4 Å². The molecule has 0 radical (unpaired) electrons. The van der Waals surface area contributed by atoms with Crippen LogP contribution in [0, 0.1) is 5.82 Å². The highest BCUT2D eigenvalue weighted by Crippen LogP contribution is 2.35. The average molecular weight is 734 g/mol. The number of halogens is 1. The highest BCUT2D eigenvalue weighted by molar-refractivity contribution is 5.97. The van der Waals surface area contributed by atoms with Crippen molar-refractivity contribution < 1.29 is 32.9 Å². The summed E-state index contributed by atoms with van der Waals surface area (Å²) in [5.74, 6) is 1.27. The number of morpholine rings is 1. The number of ether oxygens (including phenoxy) is 4. The van der Waals surface area contributed by atoms with Crippen molar-refractivity contribution in [2.75, 3.05) is 57.3 Å². The van der Waals surface area contributed by atoms with Crippen LogP contribution in [0.3, 0.4) is 0 Å². The molecule has 0 aliphatic carbocycles. The maximum absolute atomic E-state index is 14.4. The number of aromatic nitrogens is 3. The molecular formula is C39H52FN7O6. The molecule has 0 saturated carbocycles. The number of hydrogen-bond acceptors (Lipinski definition) is 11. The van der Waals surface area contributed by atoms with Gasteiger partial charge in [0.05, 0.1) is 31.0 Å². The van der Waals surface area contributed by atoms with E-state index in [1.807, 2.05) is 53.8 Å². The maximum Gasteiger partial charge on any atom is 0.410 e. The Morgan fingerprint density at radius 3 is 2.58 bits per heavy atom. The zero-order valence-electron chi connectivity index (χ0n) is 31.7. The minimum atomic E-state index is -0.544. The van der Waals surface area contributed by atoms with E-state index in [4.69, 9.17) is 18.9 Å². The minimum absolute atomic E-state index is 0.0132. The third-order valence-corrected chi connectivity index (χ3v) is 9.71. The van der Waals surface area contributed by atoms with E-state index in [2.05, 4.69) is 24.8 Å². The van der Waals surface area contributed by atoms with Crippen LogP contribution in [0.1, 0.15) is 76.0 Å². The molecule has 0 N–H and O–H groups in total. The molecule has 2 saturated heterocycles. The molecule has 6 rings (SSSR count). The SMILES string of the molecule is CCN(C(=O)c1cc(F)ccc1Oc1cncnc1N1CCC(Oc2ccnc3c2CN(C[C@@H]2CN(C(=O)OC(C)(C)C)CCO2)CC3)CC1)C(C)C. The molecule has 1 atom stereocenters. The van der Waals surface area contributed by atoms with Crippen LogP contribution in [0.5, 0.6) is 17.2 Å². The minimum Gasteiger partial charge on any atom is -0.490 e. The summed E-state index contributed by atoms with van der Waals surface area (Å²) >= 11 is 0. The monoisotopic (exact) mass is 733 g/mol. The lowest BCUT2D eigenvalue weighted by atomic mass is 10.0. The molecule has 3 aliphatic rings. The molecule has 5 heterocycles. The Bertz CT molecular complexity index is 1750. The molecule has 1 aromatic carbocycles. The summed E-state index contributed by atoms with van der Waals surface area (Å²) in [5.41, 5.74) is 1.75. The first-order valence-corrected chi connectivity index (χ1v) is 18.7. The molecule has 0 bridgehead atoms. The molecule has 2 amide bonds. The van der Waals surface area contributed by atoms with Crippen LogP contribution in [0.2, 0.25) is 0 Å². The number of fused-ring (bicyclic) bond motifs is 1. The lowest BCUT2D eigenvalue weighted by Gasteiger charge is -2.38. The maximum atomic E-state index is 14.4. The van der Waals surface area contributed by atoms with Crippen molar-refractivity contribution in [1.29, 1.82) is 0 Å². The van der Waals surface area contributed by atoms with Crippen molar-refractivity contribution in [3.8, 4) is 17.2 Å². The van der Waals surface area contributed by atoms with E-state index >= 15 is 0 Å². The summed E-state index contributed by atoms with van der Waals surface area (Å²) in [6, 6.07) is 5.87. The lowest BCUT2D eigenvalue weighted by molar-refractivity contribution is -0.0536. The number of benzene rings is 1. The van der Waals surface area contributed by atoms with Gasteiger partial charge in [0.2, 0.25) is 0 Å². The van der Waals surface area contributed by atoms with Crippen LogP contribution in [-0.4, -0.2) is 118 Å². The number of anilines is 1. The third kappa shape index (κ3) is 9.52. The van der Waals surface area contributed by atoms with Crippen molar-refractivity contribution in [2.45, 2.75) is 91.2 Å². The molecule has 0 unspecified atom stereocenters. The van der Waals surface area contributed by atoms with Gasteiger partial charge in [0.25, 0.3) is 5.91 Å². The number of hydrogen-bond donors (Lipinski definition) is 0. The molecule has 14 heteroatoms. The van der Waals surface area contributed by atoms with E-state index in [1.54, 1.807) is 16.0 Å². The van der Waals surface area contributed by atoms with Gasteiger partial charge in [-0.2, -0.15) is 0 Å². The summed E-state index contributed by atoms with van der Waals surface area (Å²) < 4.78 is 39.0. The van der Waals surface area contributed by atoms with E-state index in [1.165, 1.54) is 24.5 Å². The van der Waals surface area contributed by atoms with Crippen molar-refractivity contribution >= 4 is 17.8 Å². The van der Waals surface area contributed by atoms with Crippen molar-refractivity contribution in [1.82, 2.24) is 29.7 Å². The molecule has 53 heavy (non-hydrogen) atoms. The van der Waals surface area contributed by atoms with Gasteiger partial charge in [0.1, 0.15) is 35.3 Å². The van der Waals surface area contributed by atoms with E-state index in [0.717, 1.165) is 42.8 Å². The smallest absolute Gasteiger partial charge is 0.410 e. The van der Waals surface area contributed by atoms with Gasteiger partial charge >= 0.3 is 6.09 Å². The fraction of sp³-hybridized carbons (Fsp3) is 0.564. The Balaban J connectivity index is 1.07. The van der Waals surface area contributed by atoms with E-state index in [0.29, 0.717) is 64.0 Å². The first-order chi connectivity index (χ1) is 25.4. The van der Waals surface area contributed by atoms with Crippen molar-refractivity contribution in [3.05, 3.63) is 65.6 Å². The molecule has 3 aliphatic heterocycles. The van der Waals surface area contributed by atoms with Crippen LogP contribution in [0.15, 0.2) is 43.0 Å². The zero-order valence-corrected chi connectivity index (χ0v) is 31.7. The van der Waals surface area contributed by atoms with Gasteiger partial charge in [-0.25, -0.2) is 19.2 Å². The van der Waals surface area contributed by atoms with Crippen molar-refractivity contribution in [2.24, 2.45) is 0 Å². The van der Waals surface area contributed by atoms with Crippen LogP contribution >= 0.6 is 0 Å².